The van der Waals surface area contributed by atoms with Gasteiger partial charge in [-0.25, -0.2) is 0 Å². The predicted octanol–water partition coefficient (Wildman–Crippen LogP) is 4.41. The topological polar surface area (TPSA) is 49.8 Å². The van der Waals surface area contributed by atoms with Gasteiger partial charge in [-0.15, -0.1) is 0 Å². The fraction of sp³-hybridized carbons (Fsp3) is 0.783. The third kappa shape index (κ3) is 3.93. The summed E-state index contributed by atoms with van der Waals surface area (Å²) in [4.78, 5) is 15.5. The average Bonchev–Trinajstić information content (AvgIpc) is 3.09. The van der Waals surface area contributed by atoms with E-state index in [9.17, 15) is 9.90 Å². The van der Waals surface area contributed by atoms with E-state index >= 15 is 0 Å². The Morgan fingerprint density at radius 3 is 2.79 bits per heavy atom. The van der Waals surface area contributed by atoms with E-state index in [2.05, 4.69) is 17.9 Å². The molecule has 0 radical (unpaired) electrons. The van der Waals surface area contributed by atoms with Crippen molar-refractivity contribution < 1.29 is 14.6 Å². The number of nitrogens with zero attached hydrogens (tertiary/aromatic N) is 1. The van der Waals surface area contributed by atoms with Crippen LogP contribution in [0, 0.1) is 17.8 Å². The molecule has 0 amide bonds. The summed E-state index contributed by atoms with van der Waals surface area (Å²) < 4.78 is 5.57. The summed E-state index contributed by atoms with van der Waals surface area (Å²) in [7, 11) is 0. The number of esters is 1. The molecule has 1 spiro atoms. The van der Waals surface area contributed by atoms with Crippen LogP contribution in [-0.2, 0) is 9.53 Å². The van der Waals surface area contributed by atoms with E-state index in [0.717, 1.165) is 19.4 Å². The lowest BCUT2D eigenvalue weighted by atomic mass is 9.69. The van der Waals surface area contributed by atoms with Crippen LogP contribution in [0.2, 0.25) is 0 Å². The second-order valence-corrected chi connectivity index (χ2v) is 9.83. The number of aliphatic hydroxyl groups is 1. The molecule has 3 heterocycles. The van der Waals surface area contributed by atoms with Gasteiger partial charge in [-0.2, -0.15) is 0 Å². The molecule has 3 fully saturated rings. The highest BCUT2D eigenvalue weighted by atomic mass is 35.5. The second-order valence-electron chi connectivity index (χ2n) is 9.34. The molecule has 1 N–H and O–H groups in total. The Bertz CT molecular complexity index is 648. The zero-order chi connectivity index (χ0) is 19.7. The number of hydrogen-bond donors (Lipinski definition) is 1. The minimum atomic E-state index is -0.688. The van der Waals surface area contributed by atoms with Gasteiger partial charge in [0.05, 0.1) is 18.6 Å². The molecule has 1 aliphatic carbocycles. The van der Waals surface area contributed by atoms with Gasteiger partial charge in [0.1, 0.15) is 0 Å². The molecule has 6 atom stereocenters. The van der Waals surface area contributed by atoms with Crippen molar-refractivity contribution in [2.45, 2.75) is 82.4 Å². The van der Waals surface area contributed by atoms with Crippen molar-refractivity contribution in [2.75, 3.05) is 13.2 Å². The summed E-state index contributed by atoms with van der Waals surface area (Å²) in [5.41, 5.74) is 0.213. The normalized spacial score (nSPS) is 45.8. The molecule has 2 bridgehead atoms. The van der Waals surface area contributed by atoms with E-state index in [-0.39, 0.29) is 24.0 Å². The van der Waals surface area contributed by atoms with Crippen LogP contribution in [0.5, 0.6) is 0 Å². The van der Waals surface area contributed by atoms with Gasteiger partial charge in [-0.3, -0.25) is 9.69 Å². The van der Waals surface area contributed by atoms with Crippen molar-refractivity contribution in [3.8, 4) is 0 Å². The van der Waals surface area contributed by atoms with Crippen molar-refractivity contribution in [1.29, 1.82) is 0 Å². The summed E-state index contributed by atoms with van der Waals surface area (Å²) in [5, 5.41) is 10.9. The molecule has 4 aliphatic rings. The molecule has 0 aromatic carbocycles. The van der Waals surface area contributed by atoms with Crippen LogP contribution in [0.15, 0.2) is 23.3 Å². The third-order valence-corrected chi connectivity index (χ3v) is 8.07. The van der Waals surface area contributed by atoms with Crippen LogP contribution >= 0.6 is 11.6 Å². The molecule has 4 nitrogen and oxygen atoms in total. The van der Waals surface area contributed by atoms with Crippen LogP contribution in [0.4, 0.5) is 0 Å². The SMILES string of the molecule is C[C@H]1/C=C/[C@@H](O)/C=C(\Cl)CCOC(=O)C2CC[C@H]3CCC[C@]4(CCC[C@H]14)N3C2. The molecule has 5 heteroatoms. The molecule has 28 heavy (non-hydrogen) atoms. The van der Waals surface area contributed by atoms with Crippen LogP contribution in [0.25, 0.3) is 0 Å². The molecule has 4 rings (SSSR count). The van der Waals surface area contributed by atoms with Crippen LogP contribution < -0.4 is 0 Å². The van der Waals surface area contributed by atoms with Gasteiger partial charge in [0.15, 0.2) is 0 Å². The highest BCUT2D eigenvalue weighted by Gasteiger charge is 2.53. The first-order valence-corrected chi connectivity index (χ1v) is 11.5. The summed E-state index contributed by atoms with van der Waals surface area (Å²) >= 11 is 6.23. The zero-order valence-corrected chi connectivity index (χ0v) is 17.7. The monoisotopic (exact) mass is 407 g/mol. The van der Waals surface area contributed by atoms with E-state index in [0.29, 0.717) is 29.3 Å². The smallest absolute Gasteiger partial charge is 0.310 e. The van der Waals surface area contributed by atoms with Gasteiger partial charge in [0.2, 0.25) is 0 Å². The molecular formula is C23H34ClNO3. The first kappa shape index (κ1) is 20.4. The molecule has 1 saturated carbocycles. The highest BCUT2D eigenvalue weighted by Crippen LogP contribution is 2.53. The van der Waals surface area contributed by atoms with Gasteiger partial charge in [-0.1, -0.05) is 43.5 Å². The number of fused-ring (bicyclic) bond motifs is 1. The molecule has 1 unspecified atom stereocenters. The number of hydrogen-bond acceptors (Lipinski definition) is 4. The van der Waals surface area contributed by atoms with E-state index < -0.39 is 6.10 Å². The molecule has 3 aliphatic heterocycles. The molecule has 0 aromatic heterocycles. The maximum absolute atomic E-state index is 12.7. The lowest BCUT2D eigenvalue weighted by Gasteiger charge is -2.56. The average molecular weight is 408 g/mol. The van der Waals surface area contributed by atoms with Gasteiger partial charge < -0.3 is 9.84 Å². The number of allylic oxidation sites excluding steroid dienone is 1. The zero-order valence-electron chi connectivity index (χ0n) is 17.0. The quantitative estimate of drug-likeness (QED) is 0.477. The maximum atomic E-state index is 12.7. The van der Waals surface area contributed by atoms with Crippen molar-refractivity contribution >= 4 is 17.6 Å². The van der Waals surface area contributed by atoms with E-state index in [1.807, 2.05) is 6.08 Å². The fourth-order valence-corrected chi connectivity index (χ4v) is 6.67. The Balaban J connectivity index is 1.66. The Hall–Kier alpha value is -0.840. The summed E-state index contributed by atoms with van der Waals surface area (Å²) in [6.45, 7) is 3.43. The number of piperidine rings is 2. The third-order valence-electron chi connectivity index (χ3n) is 7.76. The van der Waals surface area contributed by atoms with Gasteiger partial charge in [0.25, 0.3) is 0 Å². The second kappa shape index (κ2) is 8.49. The van der Waals surface area contributed by atoms with Gasteiger partial charge in [-0.05, 0) is 56.4 Å². The first-order chi connectivity index (χ1) is 13.5. The van der Waals surface area contributed by atoms with Gasteiger partial charge >= 0.3 is 5.97 Å². The molecule has 2 saturated heterocycles. The minimum absolute atomic E-state index is 0.0169. The lowest BCUT2D eigenvalue weighted by molar-refractivity contribution is -0.154. The highest BCUT2D eigenvalue weighted by molar-refractivity contribution is 6.29. The number of halogens is 1. The Morgan fingerprint density at radius 1 is 1.18 bits per heavy atom. The number of carbonyl (C=O) groups excluding carboxylic acids is 1. The van der Waals surface area contributed by atoms with Crippen molar-refractivity contribution in [3.63, 3.8) is 0 Å². The summed E-state index contributed by atoms with van der Waals surface area (Å²) in [5.74, 6) is 0.898. The molecule has 0 aromatic rings. The largest absolute Gasteiger partial charge is 0.465 e. The van der Waals surface area contributed by atoms with Crippen LogP contribution in [-0.4, -0.2) is 46.8 Å². The van der Waals surface area contributed by atoms with E-state index in [4.69, 9.17) is 16.3 Å². The maximum Gasteiger partial charge on any atom is 0.310 e. The minimum Gasteiger partial charge on any atom is -0.465 e. The Labute approximate surface area is 173 Å². The number of aliphatic hydroxyl groups excluding tert-OH is 1. The predicted molar refractivity (Wildman–Crippen MR) is 111 cm³/mol. The lowest BCUT2D eigenvalue weighted by Crippen LogP contribution is -2.62. The molecular weight excluding hydrogens is 374 g/mol. The Kier molecular flexibility index (Phi) is 6.20. The Morgan fingerprint density at radius 2 is 1.96 bits per heavy atom. The number of ether oxygens (including phenoxy) is 1. The van der Waals surface area contributed by atoms with Crippen LogP contribution in [0.3, 0.4) is 0 Å². The number of rotatable bonds is 0. The van der Waals surface area contributed by atoms with Crippen molar-refractivity contribution in [3.05, 3.63) is 23.3 Å². The standard InChI is InChI=1S/C23H34ClNO3/c1-16-6-9-20(26)14-18(24)10-13-28-22(27)17-7-8-19-4-2-11-23(25(19)15-17)12-3-5-21(16)23/h6,9,14,16-17,19-21,26H,2-5,7-8,10-13,15H2,1H3/b9-6+,18-14-/t16-,17?,19+,20+,21+,23+/m0/s1. The number of carbonyl (C=O) groups is 1. The van der Waals surface area contributed by atoms with E-state index in [1.54, 1.807) is 6.08 Å². The summed E-state index contributed by atoms with van der Waals surface area (Å²) in [6.07, 6.45) is 15.1. The number of cyclic esters (lactones) is 1. The van der Waals surface area contributed by atoms with Crippen molar-refractivity contribution in [2.24, 2.45) is 17.8 Å². The van der Waals surface area contributed by atoms with E-state index in [1.165, 1.54) is 38.5 Å². The molecule has 156 valence electrons. The fourth-order valence-electron chi connectivity index (χ4n) is 6.47. The summed E-state index contributed by atoms with van der Waals surface area (Å²) in [6, 6.07) is 0.618. The van der Waals surface area contributed by atoms with Crippen LogP contribution in [0.1, 0.15) is 64.7 Å². The van der Waals surface area contributed by atoms with Crippen molar-refractivity contribution in [1.82, 2.24) is 4.90 Å². The van der Waals surface area contributed by atoms with Gasteiger partial charge in [0, 0.05) is 29.6 Å². The first-order valence-electron chi connectivity index (χ1n) is 11.2.